The number of aryl methyl sites for hydroxylation is 2. The minimum Gasteiger partial charge on any atom is -0.294 e. The summed E-state index contributed by atoms with van der Waals surface area (Å²) in [4.78, 5) is 11.7. The summed E-state index contributed by atoms with van der Waals surface area (Å²) in [6.45, 7) is 2.01. The van der Waals surface area contributed by atoms with Crippen molar-refractivity contribution in [2.75, 3.05) is 0 Å². The van der Waals surface area contributed by atoms with E-state index in [1.807, 2.05) is 37.0 Å². The van der Waals surface area contributed by atoms with Crippen molar-refractivity contribution < 1.29 is 4.79 Å². The minimum atomic E-state index is 0.267. The summed E-state index contributed by atoms with van der Waals surface area (Å²) in [5.41, 5.74) is 5.40. The van der Waals surface area contributed by atoms with Gasteiger partial charge in [0.15, 0.2) is 5.78 Å². The third-order valence-corrected chi connectivity index (χ3v) is 3.38. The first-order valence-corrected chi connectivity index (χ1v) is 5.82. The number of rotatable bonds is 1. The normalized spacial score (nSPS) is 14.1. The van der Waals surface area contributed by atoms with E-state index < -0.39 is 0 Å². The Balaban J connectivity index is 2.23. The number of carbonyl (C=O) groups excluding carboxylic acids is 1. The Hall–Kier alpha value is -1.90. The van der Waals surface area contributed by atoms with Crippen LogP contribution in [0.1, 0.15) is 28.0 Å². The molecule has 0 aliphatic heterocycles. The summed E-state index contributed by atoms with van der Waals surface area (Å²) >= 11 is 0. The fourth-order valence-electron chi connectivity index (χ4n) is 2.61. The van der Waals surface area contributed by atoms with Crippen molar-refractivity contribution in [1.29, 1.82) is 0 Å². The lowest BCUT2D eigenvalue weighted by atomic mass is 9.97. The zero-order chi connectivity index (χ0) is 12.0. The molecular formula is C14H14N2O. The van der Waals surface area contributed by atoms with Crippen LogP contribution in [0.5, 0.6) is 0 Å². The second kappa shape index (κ2) is 3.55. The van der Waals surface area contributed by atoms with Crippen LogP contribution in [0, 0.1) is 6.92 Å². The molecule has 0 atom stereocenters. The highest BCUT2D eigenvalue weighted by Gasteiger charge is 2.23. The summed E-state index contributed by atoms with van der Waals surface area (Å²) in [6, 6.07) is 5.98. The van der Waals surface area contributed by atoms with Gasteiger partial charge in [0.2, 0.25) is 0 Å². The fraction of sp³-hybridized carbons (Fsp3) is 0.286. The Kier molecular flexibility index (Phi) is 2.15. The van der Waals surface area contributed by atoms with Crippen molar-refractivity contribution in [3.8, 4) is 11.1 Å². The van der Waals surface area contributed by atoms with E-state index >= 15 is 0 Å². The van der Waals surface area contributed by atoms with Crippen molar-refractivity contribution >= 4 is 5.78 Å². The first-order chi connectivity index (χ1) is 8.16. The van der Waals surface area contributed by atoms with Gasteiger partial charge < -0.3 is 0 Å². The topological polar surface area (TPSA) is 34.9 Å². The average molecular weight is 226 g/mol. The van der Waals surface area contributed by atoms with Crippen LogP contribution in [0.3, 0.4) is 0 Å². The summed E-state index contributed by atoms with van der Waals surface area (Å²) in [5, 5.41) is 4.36. The van der Waals surface area contributed by atoms with Gasteiger partial charge in [0.25, 0.3) is 0 Å². The minimum absolute atomic E-state index is 0.267. The molecule has 0 saturated carbocycles. The number of nitrogens with zero attached hydrogens (tertiary/aromatic N) is 2. The van der Waals surface area contributed by atoms with Gasteiger partial charge in [0.05, 0.1) is 5.69 Å². The van der Waals surface area contributed by atoms with Crippen LogP contribution in [0.15, 0.2) is 24.4 Å². The number of fused-ring (bicyclic) bond motifs is 1. The Labute approximate surface area is 100 Å². The first kappa shape index (κ1) is 10.3. The highest BCUT2D eigenvalue weighted by atomic mass is 16.1. The number of Topliss-reactive ketones (excluding diaryl/α,β-unsaturated/α-hetero) is 1. The molecule has 1 heterocycles. The molecule has 3 nitrogen and oxygen atoms in total. The number of hydrogen-bond acceptors (Lipinski definition) is 2. The number of benzene rings is 1. The van der Waals surface area contributed by atoms with Crippen LogP contribution in [-0.2, 0) is 13.5 Å². The molecule has 3 heteroatoms. The van der Waals surface area contributed by atoms with Crippen LogP contribution in [0.25, 0.3) is 11.1 Å². The second-order valence-electron chi connectivity index (χ2n) is 4.56. The molecule has 2 aromatic rings. The standard InChI is InChI=1S/C14H14N2O/c1-9-13(8-16(2)15-9)10-4-3-5-12-11(10)6-7-14(12)17/h3-5,8H,6-7H2,1-2H3. The molecule has 0 saturated heterocycles. The molecule has 0 spiro atoms. The molecule has 1 aliphatic carbocycles. The van der Waals surface area contributed by atoms with Crippen molar-refractivity contribution in [3.63, 3.8) is 0 Å². The number of hydrogen-bond donors (Lipinski definition) is 0. The predicted molar refractivity (Wildman–Crippen MR) is 66.0 cm³/mol. The molecule has 0 bridgehead atoms. The molecule has 1 aromatic carbocycles. The van der Waals surface area contributed by atoms with E-state index in [0.717, 1.165) is 23.2 Å². The summed E-state index contributed by atoms with van der Waals surface area (Å²) in [5.74, 6) is 0.267. The lowest BCUT2D eigenvalue weighted by Crippen LogP contribution is -1.92. The zero-order valence-corrected chi connectivity index (χ0v) is 10.0. The molecule has 0 fully saturated rings. The van der Waals surface area contributed by atoms with Crippen molar-refractivity contribution in [1.82, 2.24) is 9.78 Å². The number of aromatic nitrogens is 2. The van der Waals surface area contributed by atoms with Crippen LogP contribution in [0.4, 0.5) is 0 Å². The maximum Gasteiger partial charge on any atom is 0.163 e. The van der Waals surface area contributed by atoms with Crippen molar-refractivity contribution in [2.45, 2.75) is 19.8 Å². The second-order valence-corrected chi connectivity index (χ2v) is 4.56. The average Bonchev–Trinajstić information content (AvgIpc) is 2.83. The Morgan fingerprint density at radius 2 is 1.94 bits per heavy atom. The largest absolute Gasteiger partial charge is 0.294 e. The van der Waals surface area contributed by atoms with E-state index in [0.29, 0.717) is 6.42 Å². The van der Waals surface area contributed by atoms with Gasteiger partial charge in [-0.25, -0.2) is 0 Å². The van der Waals surface area contributed by atoms with E-state index in [4.69, 9.17) is 0 Å². The van der Waals surface area contributed by atoms with Gasteiger partial charge in [-0.05, 0) is 24.5 Å². The van der Waals surface area contributed by atoms with Gasteiger partial charge in [-0.1, -0.05) is 18.2 Å². The van der Waals surface area contributed by atoms with E-state index in [1.54, 1.807) is 0 Å². The zero-order valence-electron chi connectivity index (χ0n) is 10.0. The highest BCUT2D eigenvalue weighted by Crippen LogP contribution is 2.33. The van der Waals surface area contributed by atoms with Crippen LogP contribution < -0.4 is 0 Å². The maximum absolute atomic E-state index is 11.7. The van der Waals surface area contributed by atoms with E-state index in [9.17, 15) is 4.79 Å². The van der Waals surface area contributed by atoms with Crippen molar-refractivity contribution in [2.24, 2.45) is 7.05 Å². The molecule has 3 rings (SSSR count). The van der Waals surface area contributed by atoms with Crippen molar-refractivity contribution in [3.05, 3.63) is 41.2 Å². The van der Waals surface area contributed by atoms with Gasteiger partial charge in [-0.15, -0.1) is 0 Å². The lowest BCUT2D eigenvalue weighted by Gasteiger charge is -2.06. The smallest absolute Gasteiger partial charge is 0.163 e. The van der Waals surface area contributed by atoms with Gasteiger partial charge >= 0.3 is 0 Å². The van der Waals surface area contributed by atoms with Gasteiger partial charge in [-0.3, -0.25) is 9.48 Å². The van der Waals surface area contributed by atoms with E-state index in [-0.39, 0.29) is 5.78 Å². The number of carbonyl (C=O) groups is 1. The monoisotopic (exact) mass is 226 g/mol. The molecular weight excluding hydrogens is 212 g/mol. The van der Waals surface area contributed by atoms with E-state index in [1.165, 1.54) is 11.1 Å². The molecule has 0 amide bonds. The van der Waals surface area contributed by atoms with Gasteiger partial charge in [-0.2, -0.15) is 5.10 Å². The Morgan fingerprint density at radius 1 is 1.18 bits per heavy atom. The first-order valence-electron chi connectivity index (χ1n) is 5.82. The molecule has 0 unspecified atom stereocenters. The van der Waals surface area contributed by atoms with Crippen LogP contribution >= 0.6 is 0 Å². The summed E-state index contributed by atoms with van der Waals surface area (Å²) < 4.78 is 1.82. The Bertz CT molecular complexity index is 611. The Morgan fingerprint density at radius 3 is 2.65 bits per heavy atom. The molecule has 17 heavy (non-hydrogen) atoms. The molecule has 1 aromatic heterocycles. The third kappa shape index (κ3) is 1.50. The molecule has 1 aliphatic rings. The molecule has 0 radical (unpaired) electrons. The SMILES string of the molecule is Cc1nn(C)cc1-c1cccc2c1CCC2=O. The van der Waals surface area contributed by atoms with Gasteiger partial charge in [0.1, 0.15) is 0 Å². The molecule has 86 valence electrons. The lowest BCUT2D eigenvalue weighted by molar-refractivity contribution is 0.0994. The summed E-state index contributed by atoms with van der Waals surface area (Å²) in [6.07, 6.45) is 3.53. The predicted octanol–water partition coefficient (Wildman–Crippen LogP) is 2.52. The third-order valence-electron chi connectivity index (χ3n) is 3.38. The van der Waals surface area contributed by atoms with Crippen LogP contribution in [-0.4, -0.2) is 15.6 Å². The quantitative estimate of drug-likeness (QED) is 0.749. The number of ketones is 1. The fourth-order valence-corrected chi connectivity index (χ4v) is 2.61. The maximum atomic E-state index is 11.7. The van der Waals surface area contributed by atoms with Gasteiger partial charge in [0, 0.05) is 30.8 Å². The summed E-state index contributed by atoms with van der Waals surface area (Å²) in [7, 11) is 1.92. The van der Waals surface area contributed by atoms with Crippen LogP contribution in [0.2, 0.25) is 0 Å². The molecule has 0 N–H and O–H groups in total. The van der Waals surface area contributed by atoms with E-state index in [2.05, 4.69) is 11.2 Å². The highest BCUT2D eigenvalue weighted by molar-refractivity contribution is 6.02.